The minimum absolute atomic E-state index is 1.24. The van der Waals surface area contributed by atoms with Crippen LogP contribution in [0.2, 0.25) is 0 Å². The molecule has 0 unspecified atom stereocenters. The van der Waals surface area contributed by atoms with Gasteiger partial charge in [0.05, 0.1) is 0 Å². The number of thiophene rings is 3. The molecule has 0 aliphatic heterocycles. The second-order valence-corrected chi connectivity index (χ2v) is 11.7. The molecular weight excluding hydrogens is 433 g/mol. The molecule has 0 atom stereocenters. The normalized spacial score (nSPS) is 11.4. The van der Waals surface area contributed by atoms with Gasteiger partial charge in [-0.25, -0.2) is 0 Å². The predicted molar refractivity (Wildman–Crippen MR) is 145 cm³/mol. The van der Waals surface area contributed by atoms with Gasteiger partial charge in [-0.2, -0.15) is 0 Å². The molecule has 0 N–H and O–H groups in total. The van der Waals surface area contributed by atoms with E-state index in [1.807, 2.05) is 34.0 Å². The Balaban J connectivity index is 1.45. The van der Waals surface area contributed by atoms with Gasteiger partial charge in [0.1, 0.15) is 0 Å². The van der Waals surface area contributed by atoms with Gasteiger partial charge in [-0.05, 0) is 71.8 Å². The van der Waals surface area contributed by atoms with Gasteiger partial charge in [-0.3, -0.25) is 0 Å². The molecular formula is C28H40S3. The van der Waals surface area contributed by atoms with Crippen LogP contribution in [0.25, 0.3) is 19.5 Å². The Labute approximate surface area is 202 Å². The minimum Gasteiger partial charge on any atom is -0.143 e. The molecule has 3 rings (SSSR count). The maximum absolute atomic E-state index is 2.44. The van der Waals surface area contributed by atoms with E-state index in [2.05, 4.69) is 48.9 Å². The van der Waals surface area contributed by atoms with Crippen LogP contribution in [0.15, 0.2) is 35.0 Å². The van der Waals surface area contributed by atoms with Crippen molar-refractivity contribution in [1.29, 1.82) is 0 Å². The Kier molecular flexibility index (Phi) is 11.4. The molecule has 0 aliphatic rings. The summed E-state index contributed by atoms with van der Waals surface area (Å²) in [5, 5.41) is 4.76. The van der Waals surface area contributed by atoms with E-state index in [-0.39, 0.29) is 0 Å². The summed E-state index contributed by atoms with van der Waals surface area (Å²) in [6.45, 7) is 4.58. The molecule has 0 amide bonds. The lowest BCUT2D eigenvalue weighted by atomic mass is 10.1. The van der Waals surface area contributed by atoms with E-state index in [1.54, 1.807) is 0 Å². The van der Waals surface area contributed by atoms with Gasteiger partial charge in [0, 0.05) is 19.5 Å². The summed E-state index contributed by atoms with van der Waals surface area (Å²) in [6, 6.07) is 9.52. The van der Waals surface area contributed by atoms with Gasteiger partial charge in [0.25, 0.3) is 0 Å². The van der Waals surface area contributed by atoms with E-state index in [0.717, 1.165) is 0 Å². The van der Waals surface area contributed by atoms with Crippen LogP contribution in [-0.4, -0.2) is 0 Å². The molecule has 3 heteroatoms. The summed E-state index contributed by atoms with van der Waals surface area (Å²) >= 11 is 5.80. The lowest BCUT2D eigenvalue weighted by Crippen LogP contribution is -1.83. The number of aryl methyl sites for hydroxylation is 2. The van der Waals surface area contributed by atoms with Crippen molar-refractivity contribution in [2.75, 3.05) is 0 Å². The number of rotatable bonds is 16. The van der Waals surface area contributed by atoms with Gasteiger partial charge in [0.2, 0.25) is 0 Å². The first-order valence-electron chi connectivity index (χ1n) is 12.6. The molecule has 31 heavy (non-hydrogen) atoms. The van der Waals surface area contributed by atoms with Crippen LogP contribution in [0, 0.1) is 0 Å². The molecule has 0 bridgehead atoms. The van der Waals surface area contributed by atoms with Crippen LogP contribution in [0.3, 0.4) is 0 Å². The number of unbranched alkanes of at least 4 members (excludes halogenated alkanes) is 10. The van der Waals surface area contributed by atoms with Crippen molar-refractivity contribution in [3.8, 4) is 19.5 Å². The molecule has 0 radical (unpaired) electrons. The quantitative estimate of drug-likeness (QED) is 0.182. The summed E-state index contributed by atoms with van der Waals surface area (Å²) in [4.78, 5) is 5.75. The monoisotopic (exact) mass is 472 g/mol. The van der Waals surface area contributed by atoms with Gasteiger partial charge in [-0.15, -0.1) is 34.0 Å². The Morgan fingerprint density at radius 2 is 0.935 bits per heavy atom. The van der Waals surface area contributed by atoms with E-state index in [0.29, 0.717) is 0 Å². The standard InChI is InChI=1S/C28H40S3/c1-3-5-7-9-11-13-15-23-19-27(29-21-23)25-17-18-26(31-25)28-20-24(22-30-28)16-14-12-10-8-6-4-2/h17-22H,3-16H2,1-2H3. The first-order valence-corrected chi connectivity index (χ1v) is 15.1. The van der Waals surface area contributed by atoms with Crippen molar-refractivity contribution in [3.05, 3.63) is 46.2 Å². The predicted octanol–water partition coefficient (Wildman–Crippen LogP) is 11.0. The van der Waals surface area contributed by atoms with Crippen molar-refractivity contribution in [1.82, 2.24) is 0 Å². The second-order valence-electron chi connectivity index (χ2n) is 8.84. The van der Waals surface area contributed by atoms with E-state index in [9.17, 15) is 0 Å². The molecule has 0 aliphatic carbocycles. The zero-order valence-electron chi connectivity index (χ0n) is 19.6. The smallest absolute Gasteiger partial charge is 0.0449 e. The maximum Gasteiger partial charge on any atom is 0.0449 e. The van der Waals surface area contributed by atoms with Crippen LogP contribution in [-0.2, 0) is 12.8 Å². The van der Waals surface area contributed by atoms with Gasteiger partial charge < -0.3 is 0 Å². The fraction of sp³-hybridized carbons (Fsp3) is 0.571. The molecule has 170 valence electrons. The molecule has 0 saturated heterocycles. The van der Waals surface area contributed by atoms with E-state index in [1.165, 1.54) is 121 Å². The van der Waals surface area contributed by atoms with Crippen LogP contribution >= 0.6 is 34.0 Å². The topological polar surface area (TPSA) is 0 Å². The van der Waals surface area contributed by atoms with Crippen LogP contribution in [0.4, 0.5) is 0 Å². The molecule has 3 heterocycles. The van der Waals surface area contributed by atoms with Gasteiger partial charge in [0.15, 0.2) is 0 Å². The highest BCUT2D eigenvalue weighted by Gasteiger charge is 2.10. The molecule has 0 spiro atoms. The number of hydrogen-bond donors (Lipinski definition) is 0. The van der Waals surface area contributed by atoms with Crippen molar-refractivity contribution < 1.29 is 0 Å². The highest BCUT2D eigenvalue weighted by molar-refractivity contribution is 7.25. The minimum atomic E-state index is 1.24. The van der Waals surface area contributed by atoms with Crippen LogP contribution in [0.1, 0.15) is 102 Å². The van der Waals surface area contributed by atoms with Gasteiger partial charge >= 0.3 is 0 Å². The highest BCUT2D eigenvalue weighted by atomic mass is 32.1. The molecule has 0 aromatic carbocycles. The van der Waals surface area contributed by atoms with Gasteiger partial charge in [-0.1, -0.05) is 78.1 Å². The van der Waals surface area contributed by atoms with Crippen molar-refractivity contribution >= 4 is 34.0 Å². The number of hydrogen-bond acceptors (Lipinski definition) is 3. The Morgan fingerprint density at radius 1 is 0.516 bits per heavy atom. The second kappa shape index (κ2) is 14.3. The fourth-order valence-corrected chi connectivity index (χ4v) is 7.20. The first-order chi connectivity index (χ1) is 15.3. The lowest BCUT2D eigenvalue weighted by molar-refractivity contribution is 0.608. The summed E-state index contributed by atoms with van der Waals surface area (Å²) in [5.41, 5.74) is 3.06. The summed E-state index contributed by atoms with van der Waals surface area (Å²) < 4.78 is 0. The van der Waals surface area contributed by atoms with E-state index >= 15 is 0 Å². The highest BCUT2D eigenvalue weighted by Crippen LogP contribution is 2.39. The van der Waals surface area contributed by atoms with E-state index in [4.69, 9.17) is 0 Å². The average Bonchev–Trinajstić information content (AvgIpc) is 3.53. The third kappa shape index (κ3) is 8.51. The largest absolute Gasteiger partial charge is 0.143 e. The Hall–Kier alpha value is -0.900. The Bertz CT molecular complexity index is 782. The lowest BCUT2D eigenvalue weighted by Gasteiger charge is -1.99. The molecule has 3 aromatic heterocycles. The average molecular weight is 473 g/mol. The Morgan fingerprint density at radius 3 is 1.39 bits per heavy atom. The third-order valence-corrected chi connectivity index (χ3v) is 9.47. The molecule has 0 nitrogen and oxygen atoms in total. The van der Waals surface area contributed by atoms with Crippen molar-refractivity contribution in [3.63, 3.8) is 0 Å². The molecule has 0 fully saturated rings. The van der Waals surface area contributed by atoms with Crippen molar-refractivity contribution in [2.45, 2.75) is 104 Å². The maximum atomic E-state index is 2.44. The molecule has 3 aromatic rings. The zero-order valence-corrected chi connectivity index (χ0v) is 22.0. The van der Waals surface area contributed by atoms with Crippen LogP contribution in [0.5, 0.6) is 0 Å². The van der Waals surface area contributed by atoms with Crippen molar-refractivity contribution in [2.24, 2.45) is 0 Å². The molecule has 0 saturated carbocycles. The fourth-order valence-electron chi connectivity index (χ4n) is 4.09. The first kappa shape index (κ1) is 24.7. The summed E-state index contributed by atoms with van der Waals surface area (Å²) in [7, 11) is 0. The SMILES string of the molecule is CCCCCCCCc1csc(-c2ccc(-c3cc(CCCCCCCC)cs3)s2)c1. The summed E-state index contributed by atoms with van der Waals surface area (Å²) in [5.74, 6) is 0. The third-order valence-electron chi connectivity index (χ3n) is 6.04. The van der Waals surface area contributed by atoms with Crippen LogP contribution < -0.4 is 0 Å². The van der Waals surface area contributed by atoms with E-state index < -0.39 is 0 Å². The zero-order chi connectivity index (χ0) is 21.7. The summed E-state index contributed by atoms with van der Waals surface area (Å²) in [6.07, 6.45) is 19.0.